The predicted molar refractivity (Wildman–Crippen MR) is 96.0 cm³/mol. The molecule has 1 fully saturated rings. The van der Waals surface area contributed by atoms with Crippen LogP contribution < -0.4 is 4.74 Å². The Morgan fingerprint density at radius 3 is 2.80 bits per heavy atom. The first-order valence-corrected chi connectivity index (χ1v) is 9.27. The molecule has 1 aromatic rings. The van der Waals surface area contributed by atoms with Gasteiger partial charge in [0.1, 0.15) is 11.5 Å². The van der Waals surface area contributed by atoms with Crippen LogP contribution in [0.5, 0.6) is 5.75 Å². The second-order valence-corrected chi connectivity index (χ2v) is 7.61. The molecule has 0 heterocycles. The Kier molecular flexibility index (Phi) is 5.16. The highest BCUT2D eigenvalue weighted by molar-refractivity contribution is 5.80. The van der Waals surface area contributed by atoms with Crippen molar-refractivity contribution in [3.8, 4) is 5.75 Å². The highest BCUT2D eigenvalue weighted by Gasteiger charge is 2.46. The minimum Gasteiger partial charge on any atom is -0.496 e. The van der Waals surface area contributed by atoms with Crippen molar-refractivity contribution in [2.24, 2.45) is 5.92 Å². The number of Topliss-reactive ketones (excluding diaryl/α,β-unsaturated/α-hetero) is 1. The molecule has 2 atom stereocenters. The van der Waals surface area contributed by atoms with E-state index in [1.165, 1.54) is 23.8 Å². The maximum atomic E-state index is 12.0. The van der Waals surface area contributed by atoms with Gasteiger partial charge in [-0.05, 0) is 55.2 Å². The summed E-state index contributed by atoms with van der Waals surface area (Å²) >= 11 is 0. The molecule has 3 rings (SSSR count). The van der Waals surface area contributed by atoms with E-state index in [1.807, 2.05) is 0 Å². The second kappa shape index (κ2) is 7.19. The lowest BCUT2D eigenvalue weighted by molar-refractivity contribution is -0.140. The number of hydrogen-bond acceptors (Lipinski definition) is 4. The van der Waals surface area contributed by atoms with Crippen molar-refractivity contribution in [3.63, 3.8) is 0 Å². The van der Waals surface area contributed by atoms with E-state index in [1.54, 1.807) is 7.11 Å². The van der Waals surface area contributed by atoms with Crippen LogP contribution >= 0.6 is 0 Å². The van der Waals surface area contributed by atoms with Crippen LogP contribution in [0.2, 0.25) is 0 Å². The van der Waals surface area contributed by atoms with Gasteiger partial charge in [0.25, 0.3) is 0 Å². The van der Waals surface area contributed by atoms with Crippen molar-refractivity contribution in [3.05, 3.63) is 28.8 Å². The van der Waals surface area contributed by atoms with Gasteiger partial charge in [0.2, 0.25) is 0 Å². The van der Waals surface area contributed by atoms with E-state index in [4.69, 9.17) is 9.47 Å². The van der Waals surface area contributed by atoms with Crippen LogP contribution in [0.15, 0.2) is 12.1 Å². The Morgan fingerprint density at radius 1 is 1.28 bits per heavy atom. The second-order valence-electron chi connectivity index (χ2n) is 7.61. The Morgan fingerprint density at radius 2 is 2.08 bits per heavy atom. The molecule has 0 amide bonds. The molecule has 2 aliphatic carbocycles. The van der Waals surface area contributed by atoms with E-state index < -0.39 is 0 Å². The van der Waals surface area contributed by atoms with Crippen molar-refractivity contribution in [1.82, 2.24) is 0 Å². The number of rotatable bonds is 5. The average Bonchev–Trinajstić information content (AvgIpc) is 2.62. The van der Waals surface area contributed by atoms with Gasteiger partial charge in [0.15, 0.2) is 0 Å². The summed E-state index contributed by atoms with van der Waals surface area (Å²) in [5.74, 6) is 1.62. The van der Waals surface area contributed by atoms with Crippen LogP contribution in [0.3, 0.4) is 0 Å². The van der Waals surface area contributed by atoms with E-state index in [2.05, 4.69) is 19.1 Å². The molecule has 0 aromatic heterocycles. The molecule has 2 aliphatic rings. The standard InChI is InChI=1S/C21H28O4/c1-21-12-11-16(22)13-15(21)8-9-17-14(5-4-6-19(23)25-3)7-10-18(24-2)20(17)21/h7,10,15H,4-6,8-9,11-13H2,1-3H3/t15-,21-/m0/s1. The molecular weight excluding hydrogens is 316 g/mol. The zero-order valence-electron chi connectivity index (χ0n) is 15.5. The summed E-state index contributed by atoms with van der Waals surface area (Å²) in [5, 5.41) is 0. The van der Waals surface area contributed by atoms with Crippen LogP contribution in [0.4, 0.5) is 0 Å². The highest BCUT2D eigenvalue weighted by atomic mass is 16.5. The molecule has 0 bridgehead atoms. The van der Waals surface area contributed by atoms with Crippen molar-refractivity contribution in [1.29, 1.82) is 0 Å². The molecule has 0 radical (unpaired) electrons. The van der Waals surface area contributed by atoms with Gasteiger partial charge >= 0.3 is 5.97 Å². The van der Waals surface area contributed by atoms with E-state index in [-0.39, 0.29) is 11.4 Å². The van der Waals surface area contributed by atoms with Gasteiger partial charge in [-0.15, -0.1) is 0 Å². The number of carbonyl (C=O) groups excluding carboxylic acids is 2. The lowest BCUT2D eigenvalue weighted by atomic mass is 9.57. The topological polar surface area (TPSA) is 52.6 Å². The summed E-state index contributed by atoms with van der Waals surface area (Å²) in [5.41, 5.74) is 4.04. The lowest BCUT2D eigenvalue weighted by Crippen LogP contribution is -2.42. The first-order chi connectivity index (χ1) is 12.0. The fourth-order valence-electron chi connectivity index (χ4n) is 4.78. The number of fused-ring (bicyclic) bond motifs is 3. The van der Waals surface area contributed by atoms with E-state index >= 15 is 0 Å². The monoisotopic (exact) mass is 344 g/mol. The SMILES string of the molecule is COC(=O)CCCc1ccc(OC)c2c1CC[C@H]1CC(=O)CC[C@]21C. The van der Waals surface area contributed by atoms with Gasteiger partial charge in [0, 0.05) is 30.2 Å². The third-order valence-corrected chi connectivity index (χ3v) is 6.26. The Balaban J connectivity index is 1.93. The molecular formula is C21H28O4. The number of methoxy groups -OCH3 is 2. The fourth-order valence-corrected chi connectivity index (χ4v) is 4.78. The first kappa shape index (κ1) is 18.0. The maximum Gasteiger partial charge on any atom is 0.305 e. The van der Waals surface area contributed by atoms with Crippen molar-refractivity contribution < 1.29 is 19.1 Å². The average molecular weight is 344 g/mol. The first-order valence-electron chi connectivity index (χ1n) is 9.27. The lowest BCUT2D eigenvalue weighted by Gasteiger charge is -2.47. The fraction of sp³-hybridized carbons (Fsp3) is 0.619. The number of benzene rings is 1. The summed E-state index contributed by atoms with van der Waals surface area (Å²) < 4.78 is 10.5. The molecule has 0 unspecified atom stereocenters. The summed E-state index contributed by atoms with van der Waals surface area (Å²) in [7, 11) is 3.16. The molecule has 0 saturated heterocycles. The van der Waals surface area contributed by atoms with Crippen molar-refractivity contribution >= 4 is 11.8 Å². The van der Waals surface area contributed by atoms with Crippen LogP contribution in [0, 0.1) is 5.92 Å². The molecule has 0 spiro atoms. The van der Waals surface area contributed by atoms with Crippen LogP contribution in [0.1, 0.15) is 62.1 Å². The predicted octanol–water partition coefficient (Wildman–Crippen LogP) is 3.76. The van der Waals surface area contributed by atoms with Gasteiger partial charge in [-0.2, -0.15) is 0 Å². The van der Waals surface area contributed by atoms with Crippen LogP contribution in [-0.2, 0) is 32.6 Å². The quantitative estimate of drug-likeness (QED) is 0.763. The van der Waals surface area contributed by atoms with E-state index in [9.17, 15) is 9.59 Å². The van der Waals surface area contributed by atoms with E-state index in [0.717, 1.165) is 37.9 Å². The molecule has 4 nitrogen and oxygen atoms in total. The summed E-state index contributed by atoms with van der Waals surface area (Å²) in [4.78, 5) is 23.3. The largest absolute Gasteiger partial charge is 0.496 e. The molecule has 1 saturated carbocycles. The zero-order valence-corrected chi connectivity index (χ0v) is 15.5. The number of ether oxygens (including phenoxy) is 2. The van der Waals surface area contributed by atoms with Gasteiger partial charge in [0.05, 0.1) is 14.2 Å². The molecule has 4 heteroatoms. The van der Waals surface area contributed by atoms with Gasteiger partial charge < -0.3 is 9.47 Å². The highest BCUT2D eigenvalue weighted by Crippen LogP contribution is 2.52. The number of aryl methyl sites for hydroxylation is 1. The minimum atomic E-state index is -0.153. The number of hydrogen-bond donors (Lipinski definition) is 0. The molecule has 0 aliphatic heterocycles. The third kappa shape index (κ3) is 3.31. The number of esters is 1. The Hall–Kier alpha value is -1.84. The van der Waals surface area contributed by atoms with Gasteiger partial charge in [-0.25, -0.2) is 0 Å². The summed E-state index contributed by atoms with van der Waals surface area (Å²) in [6, 6.07) is 4.21. The van der Waals surface area contributed by atoms with Gasteiger partial charge in [-0.1, -0.05) is 13.0 Å². The van der Waals surface area contributed by atoms with Gasteiger partial charge in [-0.3, -0.25) is 9.59 Å². The maximum absolute atomic E-state index is 12.0. The number of carbonyl (C=O) groups is 2. The summed E-state index contributed by atoms with van der Waals surface area (Å²) in [6.07, 6.45) is 6.45. The third-order valence-electron chi connectivity index (χ3n) is 6.26. The smallest absolute Gasteiger partial charge is 0.305 e. The molecule has 136 valence electrons. The number of ketones is 1. The van der Waals surface area contributed by atoms with E-state index in [0.29, 0.717) is 31.0 Å². The Labute approximate surface area is 149 Å². The molecule has 1 aromatic carbocycles. The van der Waals surface area contributed by atoms with Crippen molar-refractivity contribution in [2.75, 3.05) is 14.2 Å². The molecule has 0 N–H and O–H groups in total. The normalized spacial score (nSPS) is 25.1. The zero-order chi connectivity index (χ0) is 18.0. The molecule has 25 heavy (non-hydrogen) atoms. The van der Waals surface area contributed by atoms with Crippen LogP contribution in [0.25, 0.3) is 0 Å². The Bertz CT molecular complexity index is 679. The minimum absolute atomic E-state index is 0.0190. The van der Waals surface area contributed by atoms with Crippen molar-refractivity contribution in [2.45, 2.75) is 63.7 Å². The van der Waals surface area contributed by atoms with Crippen LogP contribution in [-0.4, -0.2) is 26.0 Å². The summed E-state index contributed by atoms with van der Waals surface area (Å²) in [6.45, 7) is 2.31.